The van der Waals surface area contributed by atoms with E-state index in [1.807, 2.05) is 18.2 Å². The van der Waals surface area contributed by atoms with Gasteiger partial charge in [-0.05, 0) is 44.2 Å². The van der Waals surface area contributed by atoms with Crippen LogP contribution >= 0.6 is 0 Å². The minimum atomic E-state index is -0.407. The summed E-state index contributed by atoms with van der Waals surface area (Å²) in [7, 11) is 0. The molecule has 1 amide bonds. The second kappa shape index (κ2) is 9.53. The zero-order valence-electron chi connectivity index (χ0n) is 14.0. The molecule has 128 valence electrons. The Morgan fingerprint density at radius 3 is 2.70 bits per heavy atom. The molecule has 0 bridgehead atoms. The van der Waals surface area contributed by atoms with E-state index in [1.54, 1.807) is 0 Å². The van der Waals surface area contributed by atoms with Gasteiger partial charge in [0.1, 0.15) is 0 Å². The predicted molar refractivity (Wildman–Crippen MR) is 93.5 cm³/mol. The first kappa shape index (κ1) is 17.8. The number of anilines is 1. The summed E-state index contributed by atoms with van der Waals surface area (Å²) < 4.78 is 5.32. The number of nitrogens with zero attached hydrogens (tertiary/aromatic N) is 1. The minimum absolute atomic E-state index is 0.0281. The summed E-state index contributed by atoms with van der Waals surface area (Å²) in [6.45, 7) is 6.13. The van der Waals surface area contributed by atoms with Crippen LogP contribution in [0.1, 0.15) is 26.2 Å². The fourth-order valence-corrected chi connectivity index (χ4v) is 3.00. The van der Waals surface area contributed by atoms with Gasteiger partial charge in [0.05, 0.1) is 6.04 Å². The number of hydrogen-bond acceptors (Lipinski definition) is 4. The van der Waals surface area contributed by atoms with Gasteiger partial charge in [0.2, 0.25) is 5.91 Å². The highest BCUT2D eigenvalue weighted by Gasteiger charge is 2.26. The third-order valence-electron chi connectivity index (χ3n) is 4.48. The number of amides is 1. The molecule has 1 fully saturated rings. The van der Waals surface area contributed by atoms with E-state index in [9.17, 15) is 4.79 Å². The molecule has 1 saturated heterocycles. The van der Waals surface area contributed by atoms with Crippen molar-refractivity contribution >= 4 is 11.6 Å². The van der Waals surface area contributed by atoms with E-state index in [4.69, 9.17) is 10.5 Å². The Morgan fingerprint density at radius 2 is 2.04 bits per heavy atom. The van der Waals surface area contributed by atoms with Crippen molar-refractivity contribution < 1.29 is 9.53 Å². The molecule has 5 heteroatoms. The van der Waals surface area contributed by atoms with E-state index >= 15 is 0 Å². The third-order valence-corrected chi connectivity index (χ3v) is 4.48. The molecule has 23 heavy (non-hydrogen) atoms. The molecular formula is C18H29N3O2. The number of nitrogens with two attached hydrogens (primary N) is 1. The average molecular weight is 319 g/mol. The van der Waals surface area contributed by atoms with Gasteiger partial charge in [-0.3, -0.25) is 4.79 Å². The van der Waals surface area contributed by atoms with Gasteiger partial charge in [-0.25, -0.2) is 0 Å². The number of rotatable bonds is 8. The maximum absolute atomic E-state index is 12.1. The van der Waals surface area contributed by atoms with Gasteiger partial charge in [0, 0.05) is 38.5 Å². The molecule has 1 unspecified atom stereocenters. The first-order valence-electron chi connectivity index (χ1n) is 8.63. The SMILES string of the molecule is CCN(CCCNC(=O)C(N)C1CCOCC1)c1ccccc1. The van der Waals surface area contributed by atoms with Gasteiger partial charge >= 0.3 is 0 Å². The zero-order valence-corrected chi connectivity index (χ0v) is 14.0. The van der Waals surface area contributed by atoms with Crippen molar-refractivity contribution in [2.75, 3.05) is 37.7 Å². The van der Waals surface area contributed by atoms with Gasteiger partial charge in [-0.2, -0.15) is 0 Å². The van der Waals surface area contributed by atoms with Crippen LogP contribution in [0.5, 0.6) is 0 Å². The Hall–Kier alpha value is -1.59. The molecule has 0 saturated carbocycles. The molecule has 2 rings (SSSR count). The number of benzene rings is 1. The Bertz CT molecular complexity index is 461. The first-order valence-corrected chi connectivity index (χ1v) is 8.63. The number of carbonyl (C=O) groups excluding carboxylic acids is 1. The van der Waals surface area contributed by atoms with Crippen LogP contribution in [0.3, 0.4) is 0 Å². The number of nitrogens with one attached hydrogen (secondary N) is 1. The Balaban J connectivity index is 1.68. The lowest BCUT2D eigenvalue weighted by Gasteiger charge is -2.27. The molecule has 5 nitrogen and oxygen atoms in total. The molecule has 3 N–H and O–H groups in total. The van der Waals surface area contributed by atoms with E-state index in [2.05, 4.69) is 29.3 Å². The second-order valence-corrected chi connectivity index (χ2v) is 6.04. The lowest BCUT2D eigenvalue weighted by atomic mass is 9.92. The van der Waals surface area contributed by atoms with E-state index in [1.165, 1.54) is 5.69 Å². The van der Waals surface area contributed by atoms with Crippen LogP contribution in [0.15, 0.2) is 30.3 Å². The molecule has 1 atom stereocenters. The van der Waals surface area contributed by atoms with Crippen LogP contribution in [0.25, 0.3) is 0 Å². The van der Waals surface area contributed by atoms with Crippen LogP contribution in [-0.2, 0) is 9.53 Å². The smallest absolute Gasteiger partial charge is 0.237 e. The fourth-order valence-electron chi connectivity index (χ4n) is 3.00. The van der Waals surface area contributed by atoms with Gasteiger partial charge in [-0.1, -0.05) is 18.2 Å². The van der Waals surface area contributed by atoms with Crippen LogP contribution in [0.4, 0.5) is 5.69 Å². The summed E-state index contributed by atoms with van der Waals surface area (Å²) in [5, 5.41) is 2.98. The van der Waals surface area contributed by atoms with Gasteiger partial charge in [0.15, 0.2) is 0 Å². The zero-order chi connectivity index (χ0) is 16.5. The highest BCUT2D eigenvalue weighted by atomic mass is 16.5. The number of carbonyl (C=O) groups is 1. The Labute approximate surface area is 139 Å². The van der Waals surface area contributed by atoms with Crippen molar-refractivity contribution in [3.05, 3.63) is 30.3 Å². The van der Waals surface area contributed by atoms with Crippen molar-refractivity contribution in [1.29, 1.82) is 0 Å². The van der Waals surface area contributed by atoms with Gasteiger partial charge in [-0.15, -0.1) is 0 Å². The van der Waals surface area contributed by atoms with E-state index in [0.717, 1.165) is 32.4 Å². The maximum Gasteiger partial charge on any atom is 0.237 e. The molecule has 0 aromatic heterocycles. The standard InChI is InChI=1S/C18H29N3O2/c1-2-21(16-7-4-3-5-8-16)12-6-11-20-18(22)17(19)15-9-13-23-14-10-15/h3-5,7-8,15,17H,2,6,9-14,19H2,1H3,(H,20,22). The van der Waals surface area contributed by atoms with Crippen molar-refractivity contribution in [2.45, 2.75) is 32.2 Å². The number of hydrogen-bond donors (Lipinski definition) is 2. The molecular weight excluding hydrogens is 290 g/mol. The maximum atomic E-state index is 12.1. The molecule has 1 heterocycles. The fraction of sp³-hybridized carbons (Fsp3) is 0.611. The summed E-state index contributed by atoms with van der Waals surface area (Å²) in [6.07, 6.45) is 2.67. The number of para-hydroxylation sites is 1. The monoisotopic (exact) mass is 319 g/mol. The van der Waals surface area contributed by atoms with E-state index < -0.39 is 6.04 Å². The van der Waals surface area contributed by atoms with E-state index in [0.29, 0.717) is 19.8 Å². The number of ether oxygens (including phenoxy) is 1. The summed E-state index contributed by atoms with van der Waals surface area (Å²) in [6, 6.07) is 9.94. The first-order chi connectivity index (χ1) is 11.2. The molecule has 1 aliphatic heterocycles. The quantitative estimate of drug-likeness (QED) is 0.717. The van der Waals surface area contributed by atoms with Crippen molar-refractivity contribution in [2.24, 2.45) is 11.7 Å². The average Bonchev–Trinajstić information content (AvgIpc) is 2.62. The molecule has 0 spiro atoms. The van der Waals surface area contributed by atoms with Crippen molar-refractivity contribution in [3.8, 4) is 0 Å². The van der Waals surface area contributed by atoms with Crippen LogP contribution in [0, 0.1) is 5.92 Å². The topological polar surface area (TPSA) is 67.6 Å². The normalized spacial score (nSPS) is 16.8. The molecule has 1 aromatic carbocycles. The summed E-state index contributed by atoms with van der Waals surface area (Å²) in [4.78, 5) is 14.4. The Morgan fingerprint density at radius 1 is 1.35 bits per heavy atom. The summed E-state index contributed by atoms with van der Waals surface area (Å²) in [5.41, 5.74) is 7.30. The second-order valence-electron chi connectivity index (χ2n) is 6.04. The largest absolute Gasteiger partial charge is 0.381 e. The van der Waals surface area contributed by atoms with Crippen molar-refractivity contribution in [3.63, 3.8) is 0 Å². The molecule has 1 aromatic rings. The molecule has 1 aliphatic rings. The van der Waals surface area contributed by atoms with Crippen molar-refractivity contribution in [1.82, 2.24) is 5.32 Å². The summed E-state index contributed by atoms with van der Waals surface area (Å²) in [5.74, 6) is 0.222. The Kier molecular flexibility index (Phi) is 7.36. The molecule has 0 aliphatic carbocycles. The van der Waals surface area contributed by atoms with Gasteiger partial charge in [0.25, 0.3) is 0 Å². The van der Waals surface area contributed by atoms with Crippen LogP contribution < -0.4 is 16.0 Å². The highest BCUT2D eigenvalue weighted by molar-refractivity contribution is 5.81. The minimum Gasteiger partial charge on any atom is -0.381 e. The molecule has 0 radical (unpaired) electrons. The highest BCUT2D eigenvalue weighted by Crippen LogP contribution is 2.17. The third kappa shape index (κ3) is 5.52. The predicted octanol–water partition coefficient (Wildman–Crippen LogP) is 1.77. The lowest BCUT2D eigenvalue weighted by Crippen LogP contribution is -2.47. The van der Waals surface area contributed by atoms with Gasteiger partial charge < -0.3 is 20.7 Å². The lowest BCUT2D eigenvalue weighted by molar-refractivity contribution is -0.124. The summed E-state index contributed by atoms with van der Waals surface area (Å²) >= 11 is 0. The van der Waals surface area contributed by atoms with Crippen LogP contribution in [-0.4, -0.2) is 44.8 Å². The van der Waals surface area contributed by atoms with Crippen LogP contribution in [0.2, 0.25) is 0 Å². The van der Waals surface area contributed by atoms with E-state index in [-0.39, 0.29) is 11.8 Å².